The van der Waals surface area contributed by atoms with E-state index in [1.807, 2.05) is 6.07 Å². The maximum absolute atomic E-state index is 5.34. The number of ether oxygens (including phenoxy) is 1. The van der Waals surface area contributed by atoms with E-state index in [1.54, 1.807) is 24.6 Å². The number of aromatic nitrogens is 1. The van der Waals surface area contributed by atoms with Crippen LogP contribution in [0.1, 0.15) is 24.1 Å². The molecule has 1 atom stereocenters. The summed E-state index contributed by atoms with van der Waals surface area (Å²) >= 11 is 1.73. The Balaban J connectivity index is 2.23. The Hall–Kier alpha value is -1.39. The Bertz CT molecular complexity index is 470. The summed E-state index contributed by atoms with van der Waals surface area (Å²) in [4.78, 5) is 4.27. The first kappa shape index (κ1) is 13.1. The fourth-order valence-electron chi connectivity index (χ4n) is 2.02. The molecule has 0 aliphatic rings. The maximum atomic E-state index is 5.34. The molecule has 1 unspecified atom stereocenters. The zero-order valence-electron chi connectivity index (χ0n) is 10.7. The summed E-state index contributed by atoms with van der Waals surface area (Å²) in [6.45, 7) is 3.04. The van der Waals surface area contributed by atoms with Crippen LogP contribution < -0.4 is 10.1 Å². The number of hydrogen-bond acceptors (Lipinski definition) is 4. The molecule has 0 spiro atoms. The van der Waals surface area contributed by atoms with Crippen molar-refractivity contribution in [3.63, 3.8) is 0 Å². The van der Waals surface area contributed by atoms with Crippen molar-refractivity contribution in [1.29, 1.82) is 0 Å². The van der Waals surface area contributed by atoms with E-state index in [-0.39, 0.29) is 6.04 Å². The van der Waals surface area contributed by atoms with Gasteiger partial charge in [-0.3, -0.25) is 0 Å². The number of thiophene rings is 1. The average molecular weight is 262 g/mol. The van der Waals surface area contributed by atoms with E-state index >= 15 is 0 Å². The lowest BCUT2D eigenvalue weighted by atomic mass is 10.0. The van der Waals surface area contributed by atoms with Gasteiger partial charge in [0.05, 0.1) is 7.11 Å². The highest BCUT2D eigenvalue weighted by molar-refractivity contribution is 7.07. The van der Waals surface area contributed by atoms with Gasteiger partial charge in [0.2, 0.25) is 5.88 Å². The van der Waals surface area contributed by atoms with Crippen LogP contribution in [0.2, 0.25) is 0 Å². The normalized spacial score (nSPS) is 12.3. The monoisotopic (exact) mass is 262 g/mol. The second-order valence-corrected chi connectivity index (χ2v) is 4.83. The average Bonchev–Trinajstić information content (AvgIpc) is 2.91. The highest BCUT2D eigenvalue weighted by Crippen LogP contribution is 2.26. The molecule has 2 aromatic heterocycles. The lowest BCUT2D eigenvalue weighted by molar-refractivity contribution is 0.382. The fourth-order valence-corrected chi connectivity index (χ4v) is 2.70. The summed E-state index contributed by atoms with van der Waals surface area (Å²) in [5.74, 6) is 0.707. The van der Waals surface area contributed by atoms with E-state index in [0.29, 0.717) is 5.88 Å². The van der Waals surface area contributed by atoms with Gasteiger partial charge in [0.15, 0.2) is 0 Å². The van der Waals surface area contributed by atoms with Gasteiger partial charge in [0, 0.05) is 17.8 Å². The van der Waals surface area contributed by atoms with Crippen LogP contribution in [-0.2, 0) is 6.42 Å². The predicted octanol–water partition coefficient (Wildman–Crippen LogP) is 3.05. The number of methoxy groups -OCH3 is 1. The first-order chi connectivity index (χ1) is 8.85. The lowest BCUT2D eigenvalue weighted by Crippen LogP contribution is -2.23. The minimum absolute atomic E-state index is 0.244. The van der Waals surface area contributed by atoms with Crippen LogP contribution in [0.15, 0.2) is 35.2 Å². The van der Waals surface area contributed by atoms with Gasteiger partial charge in [-0.2, -0.15) is 11.3 Å². The zero-order chi connectivity index (χ0) is 12.8. The third-order valence-corrected chi connectivity index (χ3v) is 3.57. The molecule has 0 saturated heterocycles. The second-order valence-electron chi connectivity index (χ2n) is 4.05. The SMILES string of the molecule is CCNC(Cc1ccsc1)c1cccnc1OC. The quantitative estimate of drug-likeness (QED) is 0.869. The van der Waals surface area contributed by atoms with Crippen molar-refractivity contribution in [2.75, 3.05) is 13.7 Å². The van der Waals surface area contributed by atoms with Crippen LogP contribution >= 0.6 is 11.3 Å². The Morgan fingerprint density at radius 3 is 3.00 bits per heavy atom. The highest BCUT2D eigenvalue weighted by atomic mass is 32.1. The van der Waals surface area contributed by atoms with Gasteiger partial charge in [-0.1, -0.05) is 13.0 Å². The Morgan fingerprint density at radius 2 is 2.33 bits per heavy atom. The standard InChI is InChI=1S/C14H18N2OS/c1-3-15-13(9-11-6-8-18-10-11)12-5-4-7-16-14(12)17-2/h4-8,10,13,15H,3,9H2,1-2H3. The van der Waals surface area contributed by atoms with Crippen LogP contribution in [0.25, 0.3) is 0 Å². The summed E-state index contributed by atoms with van der Waals surface area (Å²) < 4.78 is 5.34. The molecule has 0 fully saturated rings. The van der Waals surface area contributed by atoms with Crippen LogP contribution in [0, 0.1) is 0 Å². The molecule has 3 nitrogen and oxygen atoms in total. The number of hydrogen-bond donors (Lipinski definition) is 1. The number of likely N-dealkylation sites (N-methyl/N-ethyl adjacent to an activating group) is 1. The molecule has 2 aromatic rings. The van der Waals surface area contributed by atoms with E-state index in [0.717, 1.165) is 18.5 Å². The van der Waals surface area contributed by atoms with Gasteiger partial charge < -0.3 is 10.1 Å². The molecule has 0 aliphatic carbocycles. The van der Waals surface area contributed by atoms with Crippen molar-refractivity contribution in [3.8, 4) is 5.88 Å². The van der Waals surface area contributed by atoms with Crippen LogP contribution in [0.5, 0.6) is 5.88 Å². The van der Waals surface area contributed by atoms with Gasteiger partial charge >= 0.3 is 0 Å². The van der Waals surface area contributed by atoms with E-state index in [4.69, 9.17) is 4.74 Å². The van der Waals surface area contributed by atoms with Gasteiger partial charge in [-0.25, -0.2) is 4.98 Å². The molecular weight excluding hydrogens is 244 g/mol. The topological polar surface area (TPSA) is 34.2 Å². The lowest BCUT2D eigenvalue weighted by Gasteiger charge is -2.19. The molecule has 0 amide bonds. The predicted molar refractivity (Wildman–Crippen MR) is 75.2 cm³/mol. The molecule has 0 aromatic carbocycles. The third kappa shape index (κ3) is 3.09. The Morgan fingerprint density at radius 1 is 1.44 bits per heavy atom. The number of nitrogens with one attached hydrogen (secondary N) is 1. The van der Waals surface area contributed by atoms with Crippen molar-refractivity contribution in [1.82, 2.24) is 10.3 Å². The summed E-state index contributed by atoms with van der Waals surface area (Å²) in [7, 11) is 1.67. The molecule has 2 heterocycles. The van der Waals surface area contributed by atoms with Gasteiger partial charge in [-0.05, 0) is 41.4 Å². The second kappa shape index (κ2) is 6.52. The van der Waals surface area contributed by atoms with Crippen LogP contribution in [-0.4, -0.2) is 18.6 Å². The zero-order valence-corrected chi connectivity index (χ0v) is 11.5. The Kier molecular flexibility index (Phi) is 4.73. The first-order valence-electron chi connectivity index (χ1n) is 6.08. The molecule has 2 rings (SSSR count). The van der Waals surface area contributed by atoms with Crippen LogP contribution in [0.3, 0.4) is 0 Å². The molecule has 96 valence electrons. The van der Waals surface area contributed by atoms with Gasteiger partial charge in [0.25, 0.3) is 0 Å². The first-order valence-corrected chi connectivity index (χ1v) is 7.02. The van der Waals surface area contributed by atoms with Gasteiger partial charge in [0.1, 0.15) is 0 Å². The van der Waals surface area contributed by atoms with E-state index in [2.05, 4.69) is 40.1 Å². The molecule has 0 radical (unpaired) electrons. The largest absolute Gasteiger partial charge is 0.481 e. The molecular formula is C14H18N2OS. The van der Waals surface area contributed by atoms with Crippen molar-refractivity contribution >= 4 is 11.3 Å². The summed E-state index contributed by atoms with van der Waals surface area (Å²) in [5, 5.41) is 7.79. The van der Waals surface area contributed by atoms with Gasteiger partial charge in [-0.15, -0.1) is 0 Å². The molecule has 0 aliphatic heterocycles. The number of rotatable bonds is 6. The minimum Gasteiger partial charge on any atom is -0.481 e. The number of pyridine rings is 1. The van der Waals surface area contributed by atoms with E-state index in [9.17, 15) is 0 Å². The smallest absolute Gasteiger partial charge is 0.217 e. The molecule has 0 saturated carbocycles. The summed E-state index contributed by atoms with van der Waals surface area (Å²) in [6.07, 6.45) is 2.72. The van der Waals surface area contributed by atoms with Crippen molar-refractivity contribution in [2.45, 2.75) is 19.4 Å². The minimum atomic E-state index is 0.244. The Labute approximate surface area is 112 Å². The highest BCUT2D eigenvalue weighted by Gasteiger charge is 2.16. The molecule has 4 heteroatoms. The van der Waals surface area contributed by atoms with Crippen molar-refractivity contribution < 1.29 is 4.74 Å². The van der Waals surface area contributed by atoms with Crippen molar-refractivity contribution in [3.05, 3.63) is 46.3 Å². The van der Waals surface area contributed by atoms with E-state index < -0.39 is 0 Å². The molecule has 18 heavy (non-hydrogen) atoms. The summed E-state index contributed by atoms with van der Waals surface area (Å²) in [6, 6.07) is 6.44. The fraction of sp³-hybridized carbons (Fsp3) is 0.357. The summed E-state index contributed by atoms with van der Waals surface area (Å²) in [5.41, 5.74) is 2.46. The number of nitrogens with zero attached hydrogens (tertiary/aromatic N) is 1. The van der Waals surface area contributed by atoms with Crippen molar-refractivity contribution in [2.24, 2.45) is 0 Å². The van der Waals surface area contributed by atoms with E-state index in [1.165, 1.54) is 5.56 Å². The van der Waals surface area contributed by atoms with Crippen LogP contribution in [0.4, 0.5) is 0 Å². The third-order valence-electron chi connectivity index (χ3n) is 2.84. The molecule has 0 bridgehead atoms. The maximum Gasteiger partial charge on any atom is 0.217 e. The molecule has 1 N–H and O–H groups in total.